The van der Waals surface area contributed by atoms with Crippen LogP contribution in [0.25, 0.3) is 33.1 Å². The molecule has 3 aromatic carbocycles. The summed E-state index contributed by atoms with van der Waals surface area (Å²) in [7, 11) is 0. The number of fused-ring (bicyclic) bond motifs is 8. The third kappa shape index (κ3) is 2.40. The highest BCUT2D eigenvalue weighted by Crippen LogP contribution is 2.53. The van der Waals surface area contributed by atoms with E-state index < -0.39 is 0 Å². The number of hydrogen-bond donors (Lipinski definition) is 0. The van der Waals surface area contributed by atoms with Crippen molar-refractivity contribution in [1.82, 2.24) is 0 Å². The van der Waals surface area contributed by atoms with Crippen LogP contribution >= 0.6 is 0 Å². The first-order valence-corrected chi connectivity index (χ1v) is 11.5. The third-order valence-electron chi connectivity index (χ3n) is 7.66. The standard InChI is InChI=1S/C31H24O/c1-31-19-21(20-15-17-30-26(18-20)25-11-5-7-13-29(25)32-30)14-16-28(31)24-9-3-2-8-22(24)23-10-4-6-12-27(23)31/h2,4-8,10-19,28H,3,9H2,1H3. The van der Waals surface area contributed by atoms with E-state index in [4.69, 9.17) is 4.42 Å². The molecule has 154 valence electrons. The first-order valence-electron chi connectivity index (χ1n) is 11.5. The highest BCUT2D eigenvalue weighted by molar-refractivity contribution is 6.06. The fraction of sp³-hybridized carbons (Fsp3) is 0.161. The van der Waals surface area contributed by atoms with Gasteiger partial charge in [-0.3, -0.25) is 0 Å². The van der Waals surface area contributed by atoms with E-state index in [9.17, 15) is 0 Å². The topological polar surface area (TPSA) is 13.1 Å². The maximum atomic E-state index is 6.06. The van der Waals surface area contributed by atoms with Crippen LogP contribution in [0.4, 0.5) is 0 Å². The number of benzene rings is 3. The molecule has 32 heavy (non-hydrogen) atoms. The van der Waals surface area contributed by atoms with Gasteiger partial charge in [-0.2, -0.15) is 0 Å². The average Bonchev–Trinajstić information content (AvgIpc) is 3.22. The summed E-state index contributed by atoms with van der Waals surface area (Å²) in [6, 6.07) is 23.9. The largest absolute Gasteiger partial charge is 0.456 e. The van der Waals surface area contributed by atoms with Crippen molar-refractivity contribution >= 4 is 33.1 Å². The normalized spacial score (nSPS) is 23.8. The van der Waals surface area contributed by atoms with Gasteiger partial charge in [0.25, 0.3) is 0 Å². The summed E-state index contributed by atoms with van der Waals surface area (Å²) >= 11 is 0. The predicted octanol–water partition coefficient (Wildman–Crippen LogP) is 8.23. The van der Waals surface area contributed by atoms with E-state index in [1.54, 1.807) is 5.57 Å². The molecule has 0 N–H and O–H groups in total. The van der Waals surface area contributed by atoms with E-state index in [0.717, 1.165) is 24.0 Å². The van der Waals surface area contributed by atoms with Gasteiger partial charge < -0.3 is 4.42 Å². The monoisotopic (exact) mass is 412 g/mol. The van der Waals surface area contributed by atoms with Crippen LogP contribution in [0.3, 0.4) is 0 Å². The van der Waals surface area contributed by atoms with E-state index in [1.165, 1.54) is 38.6 Å². The zero-order chi connectivity index (χ0) is 21.3. The highest BCUT2D eigenvalue weighted by Gasteiger charge is 2.43. The Bertz CT molecular complexity index is 1540. The second-order valence-electron chi connectivity index (χ2n) is 9.45. The number of furan rings is 1. The van der Waals surface area contributed by atoms with Gasteiger partial charge in [0.2, 0.25) is 0 Å². The Balaban J connectivity index is 1.42. The van der Waals surface area contributed by atoms with Gasteiger partial charge in [0.1, 0.15) is 11.2 Å². The molecule has 0 spiro atoms. The van der Waals surface area contributed by atoms with Crippen LogP contribution in [0.1, 0.15) is 36.5 Å². The predicted molar refractivity (Wildman–Crippen MR) is 133 cm³/mol. The van der Waals surface area contributed by atoms with Gasteiger partial charge >= 0.3 is 0 Å². The van der Waals surface area contributed by atoms with Crippen LogP contribution in [0.5, 0.6) is 0 Å². The molecule has 3 aliphatic carbocycles. The summed E-state index contributed by atoms with van der Waals surface area (Å²) in [5.74, 6) is 0.416. The minimum absolute atomic E-state index is 0.0435. The molecule has 0 bridgehead atoms. The van der Waals surface area contributed by atoms with Gasteiger partial charge in [-0.1, -0.05) is 91.4 Å². The van der Waals surface area contributed by atoms with Crippen molar-refractivity contribution in [2.24, 2.45) is 5.92 Å². The SMILES string of the molecule is CC12C=C(c3ccc4oc5ccccc5c4c3)C=CC1C1=C(C=CCC1)c1ccccc12. The number of para-hydroxylation sites is 1. The van der Waals surface area contributed by atoms with Crippen LogP contribution < -0.4 is 0 Å². The molecule has 0 saturated carbocycles. The average molecular weight is 413 g/mol. The van der Waals surface area contributed by atoms with Gasteiger partial charge in [0.05, 0.1) is 0 Å². The molecule has 0 amide bonds. The van der Waals surface area contributed by atoms with Crippen LogP contribution in [-0.4, -0.2) is 0 Å². The molecule has 7 rings (SSSR count). The van der Waals surface area contributed by atoms with Crippen molar-refractivity contribution in [1.29, 1.82) is 0 Å². The van der Waals surface area contributed by atoms with Crippen LogP contribution in [0, 0.1) is 5.92 Å². The summed E-state index contributed by atoms with van der Waals surface area (Å²) in [5.41, 5.74) is 10.3. The van der Waals surface area contributed by atoms with Crippen LogP contribution in [0.15, 0.2) is 107 Å². The minimum Gasteiger partial charge on any atom is -0.456 e. The molecule has 2 atom stereocenters. The van der Waals surface area contributed by atoms with Gasteiger partial charge in [0, 0.05) is 22.1 Å². The molecule has 0 aliphatic heterocycles. The zero-order valence-electron chi connectivity index (χ0n) is 18.1. The summed E-state index contributed by atoms with van der Waals surface area (Å²) in [6.07, 6.45) is 14.3. The van der Waals surface area contributed by atoms with E-state index in [0.29, 0.717) is 5.92 Å². The molecule has 0 saturated heterocycles. The first kappa shape index (κ1) is 18.0. The van der Waals surface area contributed by atoms with E-state index in [1.807, 2.05) is 12.1 Å². The Morgan fingerprint density at radius 3 is 2.69 bits per heavy atom. The van der Waals surface area contributed by atoms with Gasteiger partial charge in [-0.25, -0.2) is 0 Å². The summed E-state index contributed by atoms with van der Waals surface area (Å²) < 4.78 is 6.06. The molecule has 3 aliphatic rings. The molecule has 1 heteroatoms. The number of allylic oxidation sites excluding steroid dienone is 8. The maximum Gasteiger partial charge on any atom is 0.135 e. The molecule has 0 radical (unpaired) electrons. The van der Waals surface area contributed by atoms with E-state index in [-0.39, 0.29) is 5.41 Å². The van der Waals surface area contributed by atoms with Crippen molar-refractivity contribution in [2.45, 2.75) is 25.2 Å². The van der Waals surface area contributed by atoms with Crippen molar-refractivity contribution in [3.63, 3.8) is 0 Å². The van der Waals surface area contributed by atoms with Gasteiger partial charge in [0.15, 0.2) is 0 Å². The molecule has 1 nitrogen and oxygen atoms in total. The van der Waals surface area contributed by atoms with Crippen molar-refractivity contribution < 1.29 is 4.42 Å². The number of hydrogen-bond acceptors (Lipinski definition) is 1. The van der Waals surface area contributed by atoms with E-state index in [2.05, 4.69) is 91.9 Å². The van der Waals surface area contributed by atoms with Crippen LogP contribution in [-0.2, 0) is 5.41 Å². The summed E-state index contributed by atoms with van der Waals surface area (Å²) in [4.78, 5) is 0. The van der Waals surface area contributed by atoms with E-state index >= 15 is 0 Å². The lowest BCUT2D eigenvalue weighted by Crippen LogP contribution is -2.36. The lowest BCUT2D eigenvalue weighted by atomic mass is 9.58. The molecule has 1 aromatic heterocycles. The Morgan fingerprint density at radius 1 is 0.875 bits per heavy atom. The molecular weight excluding hydrogens is 388 g/mol. The molecule has 0 fully saturated rings. The van der Waals surface area contributed by atoms with Crippen LogP contribution in [0.2, 0.25) is 0 Å². The van der Waals surface area contributed by atoms with Gasteiger partial charge in [-0.15, -0.1) is 0 Å². The smallest absolute Gasteiger partial charge is 0.135 e. The fourth-order valence-electron chi connectivity index (χ4n) is 6.12. The highest BCUT2D eigenvalue weighted by atomic mass is 16.3. The Labute approximate surface area is 188 Å². The van der Waals surface area contributed by atoms with Crippen molar-refractivity contribution in [2.75, 3.05) is 0 Å². The van der Waals surface area contributed by atoms with Gasteiger partial charge in [-0.05, 0) is 58.9 Å². The van der Waals surface area contributed by atoms with Crippen molar-refractivity contribution in [3.05, 3.63) is 119 Å². The first-order chi connectivity index (χ1) is 15.7. The minimum atomic E-state index is -0.0435. The van der Waals surface area contributed by atoms with Crippen molar-refractivity contribution in [3.8, 4) is 0 Å². The molecular formula is C31H24O. The summed E-state index contributed by atoms with van der Waals surface area (Å²) in [5, 5.41) is 2.37. The Morgan fingerprint density at radius 2 is 1.72 bits per heavy atom. The lowest BCUT2D eigenvalue weighted by Gasteiger charge is -2.45. The Hall–Kier alpha value is -3.58. The maximum absolute atomic E-state index is 6.06. The number of rotatable bonds is 1. The summed E-state index contributed by atoms with van der Waals surface area (Å²) in [6.45, 7) is 2.42. The Kier molecular flexibility index (Phi) is 3.64. The third-order valence-corrected chi connectivity index (χ3v) is 7.66. The molecule has 1 heterocycles. The zero-order valence-corrected chi connectivity index (χ0v) is 18.1. The quantitative estimate of drug-likeness (QED) is 0.307. The molecule has 2 unspecified atom stereocenters. The molecule has 4 aromatic rings. The lowest BCUT2D eigenvalue weighted by molar-refractivity contribution is 0.460. The fourth-order valence-corrected chi connectivity index (χ4v) is 6.12. The second-order valence-corrected chi connectivity index (χ2v) is 9.45. The second kappa shape index (κ2) is 6.46.